The third-order valence-corrected chi connectivity index (χ3v) is 1.23. The van der Waals surface area contributed by atoms with E-state index in [1.165, 1.54) is 6.08 Å². The van der Waals surface area contributed by atoms with Gasteiger partial charge in [-0.2, -0.15) is 0 Å². The van der Waals surface area contributed by atoms with E-state index in [2.05, 4.69) is 0 Å². The lowest BCUT2D eigenvalue weighted by molar-refractivity contribution is -0.138. The molecule has 0 saturated carbocycles. The molecule has 76 valence electrons. The van der Waals surface area contributed by atoms with Gasteiger partial charge in [-0.1, -0.05) is 0 Å². The van der Waals surface area contributed by atoms with Crippen LogP contribution in [0.4, 0.5) is 0 Å². The smallest absolute Gasteiger partial charge is 0.332 e. The molecule has 0 aromatic carbocycles. The predicted molar refractivity (Wildman–Crippen MR) is 50.0 cm³/mol. The third kappa shape index (κ3) is 8.88. The first-order valence-electron chi connectivity index (χ1n) is 4.35. The largest absolute Gasteiger partial charge is 0.462 e. The molecule has 0 atom stereocenters. The van der Waals surface area contributed by atoms with Gasteiger partial charge in [0, 0.05) is 31.4 Å². The zero-order valence-electron chi connectivity index (χ0n) is 8.21. The quantitative estimate of drug-likeness (QED) is 0.380. The second kappa shape index (κ2) is 7.61. The van der Waals surface area contributed by atoms with Crippen LogP contribution in [-0.4, -0.2) is 25.8 Å². The van der Waals surface area contributed by atoms with Crippen molar-refractivity contribution in [3.8, 4) is 0 Å². The lowest BCUT2D eigenvalue weighted by atomic mass is 10.4. The Bertz CT molecular complexity index is 174. The normalized spacial score (nSPS) is 11.4. The summed E-state index contributed by atoms with van der Waals surface area (Å²) in [6.07, 6.45) is 1.98. The average molecular weight is 187 g/mol. The van der Waals surface area contributed by atoms with Crippen LogP contribution < -0.4 is 5.73 Å². The van der Waals surface area contributed by atoms with E-state index in [-0.39, 0.29) is 0 Å². The van der Waals surface area contributed by atoms with Crippen molar-refractivity contribution in [1.29, 1.82) is 0 Å². The van der Waals surface area contributed by atoms with Gasteiger partial charge in [0.25, 0.3) is 0 Å². The van der Waals surface area contributed by atoms with E-state index in [1.54, 1.807) is 6.92 Å². The first-order valence-corrected chi connectivity index (χ1v) is 4.35. The highest BCUT2D eigenvalue weighted by Crippen LogP contribution is 1.89. The van der Waals surface area contributed by atoms with Crippen LogP contribution >= 0.6 is 0 Å². The summed E-state index contributed by atoms with van der Waals surface area (Å²) in [7, 11) is 0. The summed E-state index contributed by atoms with van der Waals surface area (Å²) in [6, 6.07) is 0. The molecule has 0 amide bonds. The number of carbonyl (C=O) groups excluding carboxylic acids is 1. The van der Waals surface area contributed by atoms with Gasteiger partial charge in [0.2, 0.25) is 0 Å². The minimum absolute atomic E-state index is 0.378. The maximum atomic E-state index is 10.9. The van der Waals surface area contributed by atoms with Crippen molar-refractivity contribution < 1.29 is 14.3 Å². The Hall–Kier alpha value is -1.03. The van der Waals surface area contributed by atoms with Crippen molar-refractivity contribution in [2.75, 3.05) is 19.8 Å². The van der Waals surface area contributed by atoms with Crippen LogP contribution in [0.5, 0.6) is 0 Å². The van der Waals surface area contributed by atoms with E-state index < -0.39 is 5.97 Å². The van der Waals surface area contributed by atoms with E-state index in [0.29, 0.717) is 25.5 Å². The van der Waals surface area contributed by atoms with Crippen LogP contribution in [0.2, 0.25) is 0 Å². The zero-order chi connectivity index (χ0) is 10.1. The Morgan fingerprint density at radius 3 is 2.69 bits per heavy atom. The second-order valence-electron chi connectivity index (χ2n) is 2.61. The van der Waals surface area contributed by atoms with Crippen molar-refractivity contribution in [3.05, 3.63) is 11.8 Å². The number of hydrogen-bond donors (Lipinski definition) is 1. The Morgan fingerprint density at radius 2 is 2.15 bits per heavy atom. The van der Waals surface area contributed by atoms with E-state index in [9.17, 15) is 4.79 Å². The highest BCUT2D eigenvalue weighted by molar-refractivity contribution is 5.82. The van der Waals surface area contributed by atoms with Gasteiger partial charge in [-0.15, -0.1) is 0 Å². The lowest BCUT2D eigenvalue weighted by Crippen LogP contribution is -2.07. The van der Waals surface area contributed by atoms with Crippen molar-refractivity contribution >= 4 is 5.97 Å². The number of carbonyl (C=O) groups is 1. The van der Waals surface area contributed by atoms with Crippen molar-refractivity contribution in [1.82, 2.24) is 0 Å². The molecule has 0 aromatic heterocycles. The van der Waals surface area contributed by atoms with Crippen molar-refractivity contribution in [3.63, 3.8) is 0 Å². The first-order chi connectivity index (χ1) is 6.16. The van der Waals surface area contributed by atoms with Crippen LogP contribution in [0.15, 0.2) is 11.8 Å². The van der Waals surface area contributed by atoms with E-state index in [4.69, 9.17) is 15.2 Å². The molecule has 0 rings (SSSR count). The number of rotatable bonds is 6. The topological polar surface area (TPSA) is 61.5 Å². The molecule has 0 radical (unpaired) electrons. The molecule has 0 saturated heterocycles. The van der Waals surface area contributed by atoms with Gasteiger partial charge in [-0.3, -0.25) is 0 Å². The van der Waals surface area contributed by atoms with Gasteiger partial charge in [0.05, 0.1) is 6.61 Å². The molecule has 0 unspecified atom stereocenters. The summed E-state index contributed by atoms with van der Waals surface area (Å²) >= 11 is 0. The fraction of sp³-hybridized carbons (Fsp3) is 0.667. The van der Waals surface area contributed by atoms with Gasteiger partial charge < -0.3 is 15.2 Å². The van der Waals surface area contributed by atoms with E-state index >= 15 is 0 Å². The Morgan fingerprint density at radius 1 is 1.46 bits per heavy atom. The predicted octanol–water partition coefficient (Wildman–Crippen LogP) is 0.819. The summed E-state index contributed by atoms with van der Waals surface area (Å²) < 4.78 is 9.89. The van der Waals surface area contributed by atoms with Crippen LogP contribution in [0.3, 0.4) is 0 Å². The number of hydrogen-bond acceptors (Lipinski definition) is 4. The SMILES string of the molecule is CCOCCCOC(=O)/C=C(/C)N. The van der Waals surface area contributed by atoms with Gasteiger partial charge in [0.15, 0.2) is 0 Å². The highest BCUT2D eigenvalue weighted by atomic mass is 16.5. The molecule has 13 heavy (non-hydrogen) atoms. The zero-order valence-corrected chi connectivity index (χ0v) is 8.21. The molecule has 0 aliphatic carbocycles. The Balaban J connectivity index is 3.33. The molecule has 2 N–H and O–H groups in total. The first kappa shape index (κ1) is 12.0. The monoisotopic (exact) mass is 187 g/mol. The summed E-state index contributed by atoms with van der Waals surface area (Å²) in [5.74, 6) is -0.392. The maximum Gasteiger partial charge on any atom is 0.332 e. The van der Waals surface area contributed by atoms with Gasteiger partial charge in [-0.05, 0) is 13.8 Å². The third-order valence-electron chi connectivity index (χ3n) is 1.23. The minimum Gasteiger partial charge on any atom is -0.462 e. The lowest BCUT2D eigenvalue weighted by Gasteiger charge is -2.02. The molecule has 0 aliphatic rings. The highest BCUT2D eigenvalue weighted by Gasteiger charge is 1.96. The fourth-order valence-corrected chi connectivity index (χ4v) is 0.706. The summed E-state index contributed by atoms with van der Waals surface area (Å²) in [5.41, 5.74) is 5.73. The number of nitrogens with two attached hydrogens (primary N) is 1. The molecule has 4 nitrogen and oxygen atoms in total. The molecule has 4 heteroatoms. The number of ether oxygens (including phenoxy) is 2. The van der Waals surface area contributed by atoms with Gasteiger partial charge in [-0.25, -0.2) is 4.79 Å². The van der Waals surface area contributed by atoms with Crippen LogP contribution in [-0.2, 0) is 14.3 Å². The fourth-order valence-electron chi connectivity index (χ4n) is 0.706. The molecule has 0 aliphatic heterocycles. The molecule has 0 spiro atoms. The molecule has 0 fully saturated rings. The summed E-state index contributed by atoms with van der Waals surface area (Å²) in [5, 5.41) is 0. The van der Waals surface area contributed by atoms with Crippen molar-refractivity contribution in [2.45, 2.75) is 20.3 Å². The van der Waals surface area contributed by atoms with Gasteiger partial charge >= 0.3 is 5.97 Å². The summed E-state index contributed by atoms with van der Waals surface area (Å²) in [6.45, 7) is 5.25. The standard InChI is InChI=1S/C9H17NO3/c1-3-12-5-4-6-13-9(11)7-8(2)10/h7H,3-6,10H2,1-2H3/b8-7-. The van der Waals surface area contributed by atoms with Crippen LogP contribution in [0, 0.1) is 0 Å². The Kier molecular flexibility index (Phi) is 7.01. The van der Waals surface area contributed by atoms with Crippen LogP contribution in [0.25, 0.3) is 0 Å². The van der Waals surface area contributed by atoms with Crippen molar-refractivity contribution in [2.24, 2.45) is 5.73 Å². The molecular weight excluding hydrogens is 170 g/mol. The number of allylic oxidation sites excluding steroid dienone is 1. The number of esters is 1. The Labute approximate surface area is 78.7 Å². The average Bonchev–Trinajstić information content (AvgIpc) is 2.02. The maximum absolute atomic E-state index is 10.9. The van der Waals surface area contributed by atoms with Gasteiger partial charge in [0.1, 0.15) is 0 Å². The van der Waals surface area contributed by atoms with E-state index in [0.717, 1.165) is 6.42 Å². The van der Waals surface area contributed by atoms with Crippen LogP contribution in [0.1, 0.15) is 20.3 Å². The molecule has 0 bridgehead atoms. The second-order valence-corrected chi connectivity index (χ2v) is 2.61. The molecule has 0 aromatic rings. The minimum atomic E-state index is -0.392. The molecular formula is C9H17NO3. The molecule has 0 heterocycles. The summed E-state index contributed by atoms with van der Waals surface area (Å²) in [4.78, 5) is 10.9. The van der Waals surface area contributed by atoms with E-state index in [1.807, 2.05) is 6.92 Å².